The van der Waals surface area contributed by atoms with Crippen LogP contribution < -0.4 is 0 Å². The molecule has 0 spiro atoms. The molecule has 1 N–H and O–H groups in total. The summed E-state index contributed by atoms with van der Waals surface area (Å²) in [6.07, 6.45) is 5.10. The molecule has 2 aromatic rings. The van der Waals surface area contributed by atoms with Crippen molar-refractivity contribution in [2.45, 2.75) is 11.8 Å². The molecule has 1 aromatic carbocycles. The molecule has 1 heterocycles. The minimum Gasteiger partial charge on any atom is -0.508 e. The maximum atomic E-state index is 11.7. The summed E-state index contributed by atoms with van der Waals surface area (Å²) < 4.78 is 4.97. The number of thioether (sulfide) groups is 1. The Balaban J connectivity index is 2.45. The van der Waals surface area contributed by atoms with E-state index in [1.165, 1.54) is 6.20 Å². The molecule has 20 heavy (non-hydrogen) atoms. The first kappa shape index (κ1) is 14.4. The Morgan fingerprint density at radius 1 is 1.35 bits per heavy atom. The molecule has 0 unspecified atom stereocenters. The summed E-state index contributed by atoms with van der Waals surface area (Å²) in [5.41, 5.74) is 2.02. The van der Waals surface area contributed by atoms with Crippen LogP contribution in [0.2, 0.25) is 0 Å². The number of carbonyl (C=O) groups excluding carboxylic acids is 1. The summed E-state index contributed by atoms with van der Waals surface area (Å²) >= 11 is 1.57. The van der Waals surface area contributed by atoms with Gasteiger partial charge in [-0.1, -0.05) is 0 Å². The summed E-state index contributed by atoms with van der Waals surface area (Å²) in [5.74, 6) is -0.216. The number of phenolic OH excluding ortho intramolecular Hbond substituents is 1. The van der Waals surface area contributed by atoms with Crippen LogP contribution in [0, 0.1) is 0 Å². The molecule has 0 aliphatic rings. The van der Waals surface area contributed by atoms with Crippen molar-refractivity contribution in [3.8, 4) is 16.9 Å². The van der Waals surface area contributed by atoms with E-state index in [-0.39, 0.29) is 5.75 Å². The zero-order valence-electron chi connectivity index (χ0n) is 11.3. The number of hydrogen-bond acceptors (Lipinski definition) is 5. The van der Waals surface area contributed by atoms with E-state index >= 15 is 0 Å². The normalized spacial score (nSPS) is 10.3. The summed E-state index contributed by atoms with van der Waals surface area (Å²) in [5, 5.41) is 9.64. The van der Waals surface area contributed by atoms with E-state index in [4.69, 9.17) is 4.74 Å². The lowest BCUT2D eigenvalue weighted by Crippen LogP contribution is -2.05. The second kappa shape index (κ2) is 6.43. The topological polar surface area (TPSA) is 59.4 Å². The Kier molecular flexibility index (Phi) is 4.63. The second-order valence-corrected chi connectivity index (χ2v) is 4.92. The molecule has 0 radical (unpaired) electrons. The number of benzene rings is 1. The lowest BCUT2D eigenvalue weighted by molar-refractivity contribution is 0.0526. The van der Waals surface area contributed by atoms with Crippen molar-refractivity contribution in [1.29, 1.82) is 0 Å². The largest absolute Gasteiger partial charge is 0.508 e. The van der Waals surface area contributed by atoms with Crippen molar-refractivity contribution in [1.82, 2.24) is 4.98 Å². The first-order valence-electron chi connectivity index (χ1n) is 6.15. The van der Waals surface area contributed by atoms with Crippen molar-refractivity contribution in [3.05, 3.63) is 42.2 Å². The highest BCUT2D eigenvalue weighted by Crippen LogP contribution is 2.33. The van der Waals surface area contributed by atoms with Gasteiger partial charge in [0, 0.05) is 28.4 Å². The van der Waals surface area contributed by atoms with E-state index in [1.54, 1.807) is 43.1 Å². The van der Waals surface area contributed by atoms with Gasteiger partial charge < -0.3 is 9.84 Å². The molecule has 0 aliphatic carbocycles. The third-order valence-electron chi connectivity index (χ3n) is 2.74. The van der Waals surface area contributed by atoms with Gasteiger partial charge in [-0.15, -0.1) is 11.8 Å². The molecule has 0 saturated carbocycles. The van der Waals surface area contributed by atoms with Crippen LogP contribution in [-0.2, 0) is 4.74 Å². The molecule has 4 nitrogen and oxygen atoms in total. The van der Waals surface area contributed by atoms with E-state index in [1.807, 2.05) is 12.3 Å². The quantitative estimate of drug-likeness (QED) is 0.691. The molecule has 0 aliphatic heterocycles. The highest BCUT2D eigenvalue weighted by Gasteiger charge is 2.11. The van der Waals surface area contributed by atoms with Crippen molar-refractivity contribution in [2.75, 3.05) is 12.9 Å². The lowest BCUT2D eigenvalue weighted by Gasteiger charge is -2.09. The Morgan fingerprint density at radius 3 is 2.85 bits per heavy atom. The Bertz CT molecular complexity index is 628. The average Bonchev–Trinajstić information content (AvgIpc) is 2.47. The standard InChI is InChI=1S/C15H15NO3S/c1-3-19-15(18)11-6-10(8-16-9-11)13-7-12(17)4-5-14(13)20-2/h4-9,17H,3H2,1-2H3. The Morgan fingerprint density at radius 2 is 2.15 bits per heavy atom. The second-order valence-electron chi connectivity index (χ2n) is 4.07. The summed E-state index contributed by atoms with van der Waals surface area (Å²) in [4.78, 5) is 16.8. The van der Waals surface area contributed by atoms with Gasteiger partial charge in [0.05, 0.1) is 12.2 Å². The van der Waals surface area contributed by atoms with Crippen LogP contribution in [0.15, 0.2) is 41.6 Å². The number of hydrogen-bond donors (Lipinski definition) is 1. The number of pyridine rings is 1. The van der Waals surface area contributed by atoms with Crippen molar-refractivity contribution < 1.29 is 14.6 Å². The molecule has 0 amide bonds. The third kappa shape index (κ3) is 3.11. The molecular weight excluding hydrogens is 274 g/mol. The van der Waals surface area contributed by atoms with Gasteiger partial charge in [-0.05, 0) is 37.4 Å². The van der Waals surface area contributed by atoms with Crippen LogP contribution in [0.25, 0.3) is 11.1 Å². The van der Waals surface area contributed by atoms with Gasteiger partial charge in [0.25, 0.3) is 0 Å². The summed E-state index contributed by atoms with van der Waals surface area (Å²) in [7, 11) is 0. The van der Waals surface area contributed by atoms with E-state index in [0.29, 0.717) is 12.2 Å². The number of esters is 1. The van der Waals surface area contributed by atoms with Gasteiger partial charge in [0.2, 0.25) is 0 Å². The van der Waals surface area contributed by atoms with E-state index in [2.05, 4.69) is 4.98 Å². The first-order chi connectivity index (χ1) is 9.65. The minimum absolute atomic E-state index is 0.180. The van der Waals surface area contributed by atoms with Crippen LogP contribution in [0.1, 0.15) is 17.3 Å². The number of phenols is 1. The number of carbonyl (C=O) groups is 1. The number of rotatable bonds is 4. The SMILES string of the molecule is CCOC(=O)c1cncc(-c2cc(O)ccc2SC)c1. The molecule has 5 heteroatoms. The lowest BCUT2D eigenvalue weighted by atomic mass is 10.1. The van der Waals surface area contributed by atoms with Crippen LogP contribution in [0.5, 0.6) is 5.75 Å². The highest BCUT2D eigenvalue weighted by molar-refractivity contribution is 7.98. The fourth-order valence-corrected chi connectivity index (χ4v) is 2.44. The van der Waals surface area contributed by atoms with Gasteiger partial charge in [-0.3, -0.25) is 4.98 Å². The van der Waals surface area contributed by atoms with Crippen molar-refractivity contribution in [3.63, 3.8) is 0 Å². The van der Waals surface area contributed by atoms with Crippen molar-refractivity contribution >= 4 is 17.7 Å². The van der Waals surface area contributed by atoms with Gasteiger partial charge in [0.15, 0.2) is 0 Å². The molecule has 2 rings (SSSR count). The van der Waals surface area contributed by atoms with Crippen molar-refractivity contribution in [2.24, 2.45) is 0 Å². The molecule has 104 valence electrons. The number of ether oxygens (including phenoxy) is 1. The monoisotopic (exact) mass is 289 g/mol. The van der Waals surface area contributed by atoms with Crippen LogP contribution in [0.4, 0.5) is 0 Å². The zero-order chi connectivity index (χ0) is 14.5. The predicted octanol–water partition coefficient (Wildman–Crippen LogP) is 3.35. The molecule has 0 atom stereocenters. The van der Waals surface area contributed by atoms with E-state index in [0.717, 1.165) is 16.0 Å². The van der Waals surface area contributed by atoms with Gasteiger partial charge in [-0.25, -0.2) is 4.79 Å². The number of aromatic hydroxyl groups is 1. The molecule has 0 fully saturated rings. The Labute approximate surface area is 121 Å². The smallest absolute Gasteiger partial charge is 0.339 e. The van der Waals surface area contributed by atoms with Crippen LogP contribution >= 0.6 is 11.8 Å². The molecule has 0 bridgehead atoms. The fraction of sp³-hybridized carbons (Fsp3) is 0.200. The maximum Gasteiger partial charge on any atom is 0.339 e. The third-order valence-corrected chi connectivity index (χ3v) is 3.54. The Hall–Kier alpha value is -2.01. The predicted molar refractivity (Wildman–Crippen MR) is 79.1 cm³/mol. The number of aromatic nitrogens is 1. The maximum absolute atomic E-state index is 11.7. The fourth-order valence-electron chi connectivity index (χ4n) is 1.83. The number of nitrogens with zero attached hydrogens (tertiary/aromatic N) is 1. The zero-order valence-corrected chi connectivity index (χ0v) is 12.1. The van der Waals surface area contributed by atoms with Gasteiger partial charge >= 0.3 is 5.97 Å². The molecule has 0 saturated heterocycles. The van der Waals surface area contributed by atoms with Gasteiger partial charge in [0.1, 0.15) is 5.75 Å². The summed E-state index contributed by atoms with van der Waals surface area (Å²) in [6.45, 7) is 2.08. The first-order valence-corrected chi connectivity index (χ1v) is 7.37. The highest BCUT2D eigenvalue weighted by atomic mass is 32.2. The van der Waals surface area contributed by atoms with Crippen LogP contribution in [0.3, 0.4) is 0 Å². The van der Waals surface area contributed by atoms with Crippen LogP contribution in [-0.4, -0.2) is 28.9 Å². The molecular formula is C15H15NO3S. The summed E-state index contributed by atoms with van der Waals surface area (Å²) in [6, 6.07) is 6.86. The van der Waals surface area contributed by atoms with E-state index < -0.39 is 5.97 Å². The molecule has 1 aromatic heterocycles. The minimum atomic E-state index is -0.396. The van der Waals surface area contributed by atoms with Gasteiger partial charge in [-0.2, -0.15) is 0 Å². The average molecular weight is 289 g/mol. The van der Waals surface area contributed by atoms with E-state index in [9.17, 15) is 9.90 Å².